The smallest absolute Gasteiger partial charge is 0.243 e. The number of nitrogen functional groups attached to an aromatic ring is 1. The summed E-state index contributed by atoms with van der Waals surface area (Å²) in [6, 6.07) is -0.406. The van der Waals surface area contributed by atoms with E-state index in [9.17, 15) is 14.7 Å². The Morgan fingerprint density at radius 2 is 2.03 bits per heavy atom. The zero-order valence-electron chi connectivity index (χ0n) is 17.9. The van der Waals surface area contributed by atoms with E-state index in [2.05, 4.69) is 34.1 Å². The number of hydrogen-bond acceptors (Lipinski definition) is 7. The van der Waals surface area contributed by atoms with Crippen LogP contribution in [0.15, 0.2) is 12.7 Å². The third-order valence-electron chi connectivity index (χ3n) is 6.92. The molecule has 0 bridgehead atoms. The molecule has 3 heterocycles. The number of rotatable bonds is 4. The molecule has 2 saturated carbocycles. The molecule has 5 rings (SSSR count). The topological polar surface area (TPSA) is 139 Å². The minimum atomic E-state index is -0.465. The maximum Gasteiger partial charge on any atom is 0.243 e. The molecular formula is C21H29N7O3. The third-order valence-corrected chi connectivity index (χ3v) is 6.92. The quantitative estimate of drug-likeness (QED) is 0.644. The van der Waals surface area contributed by atoms with Crippen LogP contribution in [0.3, 0.4) is 0 Å². The molecule has 10 heteroatoms. The molecule has 2 amide bonds. The van der Waals surface area contributed by atoms with E-state index < -0.39 is 12.1 Å². The van der Waals surface area contributed by atoms with Crippen molar-refractivity contribution in [3.8, 4) is 0 Å². The van der Waals surface area contributed by atoms with Gasteiger partial charge in [0, 0.05) is 12.1 Å². The SMILES string of the molecule is CC1(C)CC(O)CC(NC(=O)[C@@H]2C[C@H]3C[C@H]3N2C(=O)Cn2cnc3c(N)ncnc32)C1. The van der Waals surface area contributed by atoms with E-state index in [0.29, 0.717) is 29.9 Å². The number of aliphatic hydroxyl groups excluding tert-OH is 1. The molecule has 2 aliphatic carbocycles. The molecule has 166 valence electrons. The van der Waals surface area contributed by atoms with Gasteiger partial charge in [0.25, 0.3) is 0 Å². The molecule has 2 aromatic heterocycles. The number of nitrogens with two attached hydrogens (primary N) is 1. The van der Waals surface area contributed by atoms with Gasteiger partial charge in [0.15, 0.2) is 11.5 Å². The zero-order chi connectivity index (χ0) is 21.9. The number of amides is 2. The maximum absolute atomic E-state index is 13.2. The van der Waals surface area contributed by atoms with Gasteiger partial charge in [0.2, 0.25) is 11.8 Å². The first-order valence-corrected chi connectivity index (χ1v) is 10.9. The van der Waals surface area contributed by atoms with Gasteiger partial charge in [-0.3, -0.25) is 9.59 Å². The van der Waals surface area contributed by atoms with Gasteiger partial charge in [0.1, 0.15) is 24.4 Å². The molecular weight excluding hydrogens is 398 g/mol. The number of fused-ring (bicyclic) bond motifs is 2. The minimum absolute atomic E-state index is 0.0187. The molecule has 2 unspecified atom stereocenters. The molecule has 1 aliphatic heterocycles. The van der Waals surface area contributed by atoms with Gasteiger partial charge in [-0.15, -0.1) is 0 Å². The Bertz CT molecular complexity index is 1040. The lowest BCUT2D eigenvalue weighted by Crippen LogP contribution is -2.53. The van der Waals surface area contributed by atoms with Crippen LogP contribution < -0.4 is 11.1 Å². The number of likely N-dealkylation sites (tertiary alicyclic amines) is 1. The van der Waals surface area contributed by atoms with Crippen LogP contribution in [0.1, 0.15) is 46.0 Å². The average molecular weight is 428 g/mol. The molecule has 31 heavy (non-hydrogen) atoms. The Hall–Kier alpha value is -2.75. The third kappa shape index (κ3) is 3.73. The van der Waals surface area contributed by atoms with Crippen LogP contribution in [0.4, 0.5) is 5.82 Å². The van der Waals surface area contributed by atoms with E-state index in [1.165, 1.54) is 12.7 Å². The highest BCUT2D eigenvalue weighted by molar-refractivity contribution is 5.90. The van der Waals surface area contributed by atoms with Crippen LogP contribution >= 0.6 is 0 Å². The summed E-state index contributed by atoms with van der Waals surface area (Å²) in [5.41, 5.74) is 6.79. The van der Waals surface area contributed by atoms with E-state index in [1.54, 1.807) is 9.47 Å². The second-order valence-electron chi connectivity index (χ2n) is 10.1. The van der Waals surface area contributed by atoms with E-state index in [4.69, 9.17) is 5.73 Å². The number of anilines is 1. The fraction of sp³-hybridized carbons (Fsp3) is 0.667. The molecule has 2 aromatic rings. The van der Waals surface area contributed by atoms with E-state index >= 15 is 0 Å². The number of hydrogen-bond donors (Lipinski definition) is 3. The molecule has 5 atom stereocenters. The zero-order valence-corrected chi connectivity index (χ0v) is 17.9. The number of nitrogens with zero attached hydrogens (tertiary/aromatic N) is 5. The predicted molar refractivity (Wildman–Crippen MR) is 112 cm³/mol. The van der Waals surface area contributed by atoms with Crippen molar-refractivity contribution in [3.63, 3.8) is 0 Å². The first kappa shape index (κ1) is 20.2. The highest BCUT2D eigenvalue weighted by Crippen LogP contribution is 2.48. The summed E-state index contributed by atoms with van der Waals surface area (Å²) >= 11 is 0. The van der Waals surface area contributed by atoms with Gasteiger partial charge in [0.05, 0.1) is 12.4 Å². The van der Waals surface area contributed by atoms with Crippen molar-refractivity contribution < 1.29 is 14.7 Å². The number of aromatic nitrogens is 4. The van der Waals surface area contributed by atoms with Crippen LogP contribution in [0.5, 0.6) is 0 Å². The molecule has 10 nitrogen and oxygen atoms in total. The minimum Gasteiger partial charge on any atom is -0.393 e. The number of nitrogens with one attached hydrogen (secondary N) is 1. The van der Waals surface area contributed by atoms with Gasteiger partial charge in [-0.1, -0.05) is 13.8 Å². The highest BCUT2D eigenvalue weighted by atomic mass is 16.3. The standard InChI is InChI=1S/C21H29N7O3/c1-21(2)6-12(5-13(29)7-21)26-20(31)15-4-11-3-14(11)28(15)16(30)8-27-10-25-17-18(22)23-9-24-19(17)27/h9-15,29H,3-8H2,1-2H3,(H,26,31)(H2,22,23,24)/t11-,12?,13?,14-,15+/m1/s1. The second-order valence-corrected chi connectivity index (χ2v) is 10.1. The van der Waals surface area contributed by atoms with Crippen LogP contribution in [0.2, 0.25) is 0 Å². The van der Waals surface area contributed by atoms with E-state index in [-0.39, 0.29) is 41.7 Å². The summed E-state index contributed by atoms with van der Waals surface area (Å²) in [6.07, 6.45) is 6.25. The molecule has 3 aliphatic rings. The largest absolute Gasteiger partial charge is 0.393 e. The van der Waals surface area contributed by atoms with Crippen LogP contribution in [-0.4, -0.2) is 65.6 Å². The summed E-state index contributed by atoms with van der Waals surface area (Å²) in [5, 5.41) is 13.3. The number of carbonyl (C=O) groups excluding carboxylic acids is 2. The molecule has 3 fully saturated rings. The number of aliphatic hydroxyl groups is 1. The Labute approximate surface area is 180 Å². The molecule has 1 saturated heterocycles. The summed E-state index contributed by atoms with van der Waals surface area (Å²) in [4.78, 5) is 40.4. The van der Waals surface area contributed by atoms with Crippen molar-refractivity contribution in [2.75, 3.05) is 5.73 Å². The van der Waals surface area contributed by atoms with Gasteiger partial charge < -0.3 is 25.6 Å². The van der Waals surface area contributed by atoms with Crippen molar-refractivity contribution in [1.29, 1.82) is 0 Å². The molecule has 0 spiro atoms. The lowest BCUT2D eigenvalue weighted by Gasteiger charge is -2.39. The van der Waals surface area contributed by atoms with Crippen LogP contribution in [-0.2, 0) is 16.1 Å². The van der Waals surface area contributed by atoms with Gasteiger partial charge >= 0.3 is 0 Å². The molecule has 0 radical (unpaired) electrons. The monoisotopic (exact) mass is 427 g/mol. The van der Waals surface area contributed by atoms with Crippen molar-refractivity contribution in [3.05, 3.63) is 12.7 Å². The summed E-state index contributed by atoms with van der Waals surface area (Å²) in [6.45, 7) is 4.27. The fourth-order valence-electron chi connectivity index (χ4n) is 5.58. The van der Waals surface area contributed by atoms with Crippen molar-refractivity contribution in [2.45, 2.75) is 76.7 Å². The normalized spacial score (nSPS) is 31.5. The summed E-state index contributed by atoms with van der Waals surface area (Å²) in [7, 11) is 0. The van der Waals surface area contributed by atoms with Crippen molar-refractivity contribution in [2.24, 2.45) is 11.3 Å². The van der Waals surface area contributed by atoms with Crippen molar-refractivity contribution >= 4 is 28.8 Å². The first-order valence-electron chi connectivity index (χ1n) is 10.9. The van der Waals surface area contributed by atoms with Gasteiger partial charge in [-0.05, 0) is 43.4 Å². The maximum atomic E-state index is 13.2. The Morgan fingerprint density at radius 3 is 2.81 bits per heavy atom. The summed E-state index contributed by atoms with van der Waals surface area (Å²) in [5.74, 6) is 0.434. The lowest BCUT2D eigenvalue weighted by atomic mass is 9.73. The predicted octanol–water partition coefficient (Wildman–Crippen LogP) is 0.454. The Balaban J connectivity index is 1.30. The first-order chi connectivity index (χ1) is 14.7. The second kappa shape index (κ2) is 7.15. The van der Waals surface area contributed by atoms with Crippen molar-refractivity contribution in [1.82, 2.24) is 29.7 Å². The highest BCUT2D eigenvalue weighted by Gasteiger charge is 2.56. The summed E-state index contributed by atoms with van der Waals surface area (Å²) < 4.78 is 1.65. The molecule has 4 N–H and O–H groups in total. The van der Waals surface area contributed by atoms with Gasteiger partial charge in [-0.2, -0.15) is 0 Å². The number of piperidine rings is 1. The average Bonchev–Trinajstić information content (AvgIpc) is 3.13. The van der Waals surface area contributed by atoms with E-state index in [0.717, 1.165) is 19.3 Å². The number of carbonyl (C=O) groups is 2. The van der Waals surface area contributed by atoms with E-state index in [1.807, 2.05) is 0 Å². The Kier molecular flexibility index (Phi) is 4.65. The van der Waals surface area contributed by atoms with Crippen LogP contribution in [0, 0.1) is 11.3 Å². The lowest BCUT2D eigenvalue weighted by molar-refractivity contribution is -0.140. The van der Waals surface area contributed by atoms with Gasteiger partial charge in [-0.25, -0.2) is 15.0 Å². The number of imidazole rings is 1. The Morgan fingerprint density at radius 1 is 1.23 bits per heavy atom. The fourth-order valence-corrected chi connectivity index (χ4v) is 5.58. The molecule has 0 aromatic carbocycles. The van der Waals surface area contributed by atoms with Crippen LogP contribution in [0.25, 0.3) is 11.2 Å².